The normalized spacial score (nSPS) is 19.2. The number of alkyl halides is 3. The van der Waals surface area contributed by atoms with Gasteiger partial charge in [-0.2, -0.15) is 13.2 Å². The first kappa shape index (κ1) is 28.4. The number of ether oxygens (including phenoxy) is 2. The van der Waals surface area contributed by atoms with E-state index >= 15 is 0 Å². The number of hydrogen-bond donors (Lipinski definition) is 3. The summed E-state index contributed by atoms with van der Waals surface area (Å²) in [6, 6.07) is 7.99. The van der Waals surface area contributed by atoms with Crippen molar-refractivity contribution in [2.45, 2.75) is 57.4 Å². The zero-order valence-corrected chi connectivity index (χ0v) is 21.7. The highest BCUT2D eigenvalue weighted by Crippen LogP contribution is 2.45. The number of β-amino-alcohol motifs (C(OH)–C–C–N with tert-alkyl or cyclic N) is 1. The Kier molecular flexibility index (Phi) is 8.22. The molecule has 2 amide bonds. The molecule has 2 aliphatic rings. The standard InChI is InChI=1S/C28H31F3N2O6/c1-3-27(4-2)16-17(20-7-5-18(28(29,30)31)14-24(20)39-27)13-25(36)32-19-6-8-22-21(15-19)33(10-12-35)26(37)23(38-22)9-11-34/h5-8,13-15,23,34-35H,3-4,9-12,16H2,1-2H3,(H,32,36)/b17-13+. The van der Waals surface area contributed by atoms with Crippen molar-refractivity contribution in [2.75, 3.05) is 30.0 Å². The molecule has 0 radical (unpaired) electrons. The van der Waals surface area contributed by atoms with Crippen molar-refractivity contribution in [1.82, 2.24) is 0 Å². The third-order valence-electron chi connectivity index (χ3n) is 7.13. The summed E-state index contributed by atoms with van der Waals surface area (Å²) in [4.78, 5) is 27.2. The number of aliphatic hydroxyl groups excluding tert-OH is 2. The first-order chi connectivity index (χ1) is 18.5. The fourth-order valence-corrected chi connectivity index (χ4v) is 4.90. The van der Waals surface area contributed by atoms with E-state index in [0.29, 0.717) is 47.5 Å². The molecule has 11 heteroatoms. The predicted octanol–water partition coefficient (Wildman–Crippen LogP) is 4.54. The van der Waals surface area contributed by atoms with Crippen LogP contribution in [0.3, 0.4) is 0 Å². The fraction of sp³-hybridized carbons (Fsp3) is 0.429. The number of carbonyl (C=O) groups is 2. The summed E-state index contributed by atoms with van der Waals surface area (Å²) >= 11 is 0. The van der Waals surface area contributed by atoms with Gasteiger partial charge in [0.2, 0.25) is 5.91 Å². The molecular weight excluding hydrogens is 517 g/mol. The summed E-state index contributed by atoms with van der Waals surface area (Å²) in [7, 11) is 0. The topological polar surface area (TPSA) is 108 Å². The van der Waals surface area contributed by atoms with Crippen LogP contribution in [0.25, 0.3) is 5.57 Å². The maximum atomic E-state index is 13.4. The van der Waals surface area contributed by atoms with E-state index in [4.69, 9.17) is 9.47 Å². The number of amides is 2. The molecule has 210 valence electrons. The van der Waals surface area contributed by atoms with Crippen molar-refractivity contribution >= 4 is 28.8 Å². The van der Waals surface area contributed by atoms with Crippen LogP contribution in [0.15, 0.2) is 42.5 Å². The number of rotatable bonds is 8. The summed E-state index contributed by atoms with van der Waals surface area (Å²) in [5.41, 5.74) is 0.115. The van der Waals surface area contributed by atoms with Gasteiger partial charge in [0.25, 0.3) is 5.91 Å². The van der Waals surface area contributed by atoms with Gasteiger partial charge in [-0.3, -0.25) is 9.59 Å². The van der Waals surface area contributed by atoms with Crippen LogP contribution < -0.4 is 19.7 Å². The zero-order chi connectivity index (χ0) is 28.4. The molecule has 0 saturated carbocycles. The van der Waals surface area contributed by atoms with E-state index in [0.717, 1.165) is 12.1 Å². The molecule has 0 aliphatic carbocycles. The summed E-state index contributed by atoms with van der Waals surface area (Å²) in [5, 5.41) is 21.5. The minimum absolute atomic E-state index is 0.00535. The Morgan fingerprint density at radius 1 is 1.13 bits per heavy atom. The molecule has 0 bridgehead atoms. The van der Waals surface area contributed by atoms with Gasteiger partial charge in [-0.15, -0.1) is 0 Å². The minimum Gasteiger partial charge on any atom is -0.486 e. The molecule has 8 nitrogen and oxygen atoms in total. The highest BCUT2D eigenvalue weighted by Gasteiger charge is 2.39. The zero-order valence-electron chi connectivity index (χ0n) is 21.7. The monoisotopic (exact) mass is 548 g/mol. The average Bonchev–Trinajstić information content (AvgIpc) is 2.90. The van der Waals surface area contributed by atoms with Gasteiger partial charge in [0, 0.05) is 43.3 Å². The number of anilines is 2. The Morgan fingerprint density at radius 2 is 1.87 bits per heavy atom. The predicted molar refractivity (Wildman–Crippen MR) is 139 cm³/mol. The first-order valence-electron chi connectivity index (χ1n) is 12.8. The van der Waals surface area contributed by atoms with Gasteiger partial charge in [0.05, 0.1) is 17.9 Å². The van der Waals surface area contributed by atoms with Crippen LogP contribution in [-0.4, -0.2) is 53.5 Å². The molecular formula is C28H31F3N2O6. The van der Waals surface area contributed by atoms with Gasteiger partial charge in [0.15, 0.2) is 6.10 Å². The van der Waals surface area contributed by atoms with Crippen LogP contribution in [0.4, 0.5) is 24.5 Å². The Balaban J connectivity index is 1.64. The molecule has 0 saturated heterocycles. The van der Waals surface area contributed by atoms with E-state index in [1.807, 2.05) is 13.8 Å². The molecule has 0 fully saturated rings. The summed E-state index contributed by atoms with van der Waals surface area (Å²) in [5.74, 6) is -0.467. The lowest BCUT2D eigenvalue weighted by Crippen LogP contribution is -2.47. The molecule has 0 aromatic heterocycles. The van der Waals surface area contributed by atoms with Gasteiger partial charge in [-0.1, -0.05) is 19.9 Å². The third-order valence-corrected chi connectivity index (χ3v) is 7.13. The molecule has 39 heavy (non-hydrogen) atoms. The molecule has 2 heterocycles. The van der Waals surface area contributed by atoms with Crippen LogP contribution in [0.5, 0.6) is 11.5 Å². The molecule has 3 N–H and O–H groups in total. The maximum absolute atomic E-state index is 13.4. The van der Waals surface area contributed by atoms with E-state index in [-0.39, 0.29) is 31.9 Å². The minimum atomic E-state index is -4.53. The van der Waals surface area contributed by atoms with Crippen molar-refractivity contribution in [2.24, 2.45) is 0 Å². The van der Waals surface area contributed by atoms with Crippen LogP contribution in [0.2, 0.25) is 0 Å². The van der Waals surface area contributed by atoms with Crippen molar-refractivity contribution in [3.63, 3.8) is 0 Å². The summed E-state index contributed by atoms with van der Waals surface area (Å²) in [6.07, 6.45) is -2.54. The number of hydrogen-bond acceptors (Lipinski definition) is 6. The molecule has 1 unspecified atom stereocenters. The third kappa shape index (κ3) is 5.89. The van der Waals surface area contributed by atoms with Crippen molar-refractivity contribution < 1.29 is 42.4 Å². The average molecular weight is 549 g/mol. The number of fused-ring (bicyclic) bond motifs is 2. The number of carbonyl (C=O) groups excluding carboxylic acids is 2. The Bertz CT molecular complexity index is 1270. The number of benzene rings is 2. The second-order valence-electron chi connectivity index (χ2n) is 9.55. The molecule has 2 aromatic rings. The van der Waals surface area contributed by atoms with E-state index in [9.17, 15) is 33.0 Å². The SMILES string of the molecule is CCC1(CC)C/C(=C\C(=O)Nc2ccc3c(c2)N(CCO)C(=O)C(CCO)O3)c2ccc(C(F)(F)F)cc2O1. The molecule has 0 spiro atoms. The van der Waals surface area contributed by atoms with Crippen molar-refractivity contribution in [3.05, 3.63) is 53.6 Å². The molecule has 4 rings (SSSR count). The lowest BCUT2D eigenvalue weighted by molar-refractivity contribution is -0.137. The fourth-order valence-electron chi connectivity index (χ4n) is 4.90. The number of nitrogens with zero attached hydrogens (tertiary/aromatic N) is 1. The van der Waals surface area contributed by atoms with Crippen LogP contribution in [-0.2, 0) is 15.8 Å². The number of aliphatic hydroxyl groups is 2. The molecule has 2 aromatic carbocycles. The van der Waals surface area contributed by atoms with Gasteiger partial charge < -0.3 is 29.9 Å². The molecule has 2 aliphatic heterocycles. The number of nitrogens with one attached hydrogen (secondary N) is 1. The highest BCUT2D eigenvalue weighted by atomic mass is 19.4. The van der Waals surface area contributed by atoms with Crippen LogP contribution in [0, 0.1) is 0 Å². The summed E-state index contributed by atoms with van der Waals surface area (Å²) in [6.45, 7) is 3.24. The van der Waals surface area contributed by atoms with E-state index < -0.39 is 35.3 Å². The Hall–Kier alpha value is -3.57. The van der Waals surface area contributed by atoms with Crippen molar-refractivity contribution in [1.29, 1.82) is 0 Å². The quantitative estimate of drug-likeness (QED) is 0.418. The second-order valence-corrected chi connectivity index (χ2v) is 9.55. The largest absolute Gasteiger partial charge is 0.486 e. The molecule has 1 atom stereocenters. The number of halogens is 3. The summed E-state index contributed by atoms with van der Waals surface area (Å²) < 4.78 is 51.8. The van der Waals surface area contributed by atoms with Crippen LogP contribution in [0.1, 0.15) is 50.7 Å². The van der Waals surface area contributed by atoms with Crippen molar-refractivity contribution in [3.8, 4) is 11.5 Å². The second kappa shape index (κ2) is 11.3. The lowest BCUT2D eigenvalue weighted by Gasteiger charge is -2.39. The van der Waals surface area contributed by atoms with Gasteiger partial charge >= 0.3 is 6.18 Å². The van der Waals surface area contributed by atoms with E-state index in [2.05, 4.69) is 5.32 Å². The Labute approximate surface area is 224 Å². The lowest BCUT2D eigenvalue weighted by atomic mass is 9.83. The van der Waals surface area contributed by atoms with E-state index in [1.54, 1.807) is 18.2 Å². The van der Waals surface area contributed by atoms with Gasteiger partial charge in [0.1, 0.15) is 17.1 Å². The first-order valence-corrected chi connectivity index (χ1v) is 12.8. The highest BCUT2D eigenvalue weighted by molar-refractivity contribution is 6.06. The van der Waals surface area contributed by atoms with Gasteiger partial charge in [-0.05, 0) is 48.7 Å². The maximum Gasteiger partial charge on any atom is 0.416 e. The smallest absolute Gasteiger partial charge is 0.416 e. The van der Waals surface area contributed by atoms with Crippen LogP contribution >= 0.6 is 0 Å². The van der Waals surface area contributed by atoms with E-state index in [1.165, 1.54) is 17.0 Å². The Morgan fingerprint density at radius 3 is 2.51 bits per heavy atom. The van der Waals surface area contributed by atoms with Gasteiger partial charge in [-0.25, -0.2) is 0 Å².